The Labute approximate surface area is 156 Å². The normalized spacial score (nSPS) is 27.6. The van der Waals surface area contributed by atoms with E-state index in [4.69, 9.17) is 0 Å². The molecule has 0 saturated carbocycles. The van der Waals surface area contributed by atoms with Gasteiger partial charge in [0.05, 0.1) is 6.42 Å². The van der Waals surface area contributed by atoms with Gasteiger partial charge in [-0.3, -0.25) is 4.79 Å². The van der Waals surface area contributed by atoms with E-state index in [1.165, 1.54) is 24.0 Å². The number of amides is 1. The number of fused-ring (bicyclic) bond motifs is 4. The SMILES string of the molecule is CN1CCC2(C)CC1[C@@H](CNC(=O)Cc1ccccc1)c1ccccc12. The number of piperidine rings is 1. The molecule has 136 valence electrons. The van der Waals surface area contributed by atoms with Crippen molar-refractivity contribution in [3.63, 3.8) is 0 Å². The Morgan fingerprint density at radius 2 is 1.88 bits per heavy atom. The summed E-state index contributed by atoms with van der Waals surface area (Å²) >= 11 is 0. The largest absolute Gasteiger partial charge is 0.355 e. The summed E-state index contributed by atoms with van der Waals surface area (Å²) in [7, 11) is 2.23. The molecule has 0 aromatic heterocycles. The Kier molecular flexibility index (Phi) is 4.58. The minimum absolute atomic E-state index is 0.112. The van der Waals surface area contributed by atoms with E-state index in [0.717, 1.165) is 12.1 Å². The van der Waals surface area contributed by atoms with Gasteiger partial charge in [0.15, 0.2) is 0 Å². The third kappa shape index (κ3) is 3.16. The summed E-state index contributed by atoms with van der Waals surface area (Å²) in [6, 6.07) is 19.3. The summed E-state index contributed by atoms with van der Waals surface area (Å²) in [6.45, 7) is 4.26. The minimum atomic E-state index is 0.112. The molecule has 1 heterocycles. The molecule has 3 nitrogen and oxygen atoms in total. The average Bonchev–Trinajstić information content (AvgIpc) is 2.66. The van der Waals surface area contributed by atoms with Crippen LogP contribution in [0.2, 0.25) is 0 Å². The highest BCUT2D eigenvalue weighted by molar-refractivity contribution is 5.78. The number of nitrogens with one attached hydrogen (secondary N) is 1. The molecule has 1 saturated heterocycles. The van der Waals surface area contributed by atoms with Crippen molar-refractivity contribution < 1.29 is 4.79 Å². The smallest absolute Gasteiger partial charge is 0.224 e. The lowest BCUT2D eigenvalue weighted by Crippen LogP contribution is -2.54. The van der Waals surface area contributed by atoms with E-state index in [0.29, 0.717) is 24.9 Å². The van der Waals surface area contributed by atoms with Gasteiger partial charge in [-0.05, 0) is 48.5 Å². The maximum Gasteiger partial charge on any atom is 0.224 e. The van der Waals surface area contributed by atoms with Gasteiger partial charge in [-0.15, -0.1) is 0 Å². The second kappa shape index (κ2) is 6.88. The second-order valence-electron chi connectivity index (χ2n) is 8.22. The number of benzene rings is 2. The first-order chi connectivity index (χ1) is 12.6. The van der Waals surface area contributed by atoms with Crippen molar-refractivity contribution in [1.82, 2.24) is 10.2 Å². The Morgan fingerprint density at radius 3 is 2.69 bits per heavy atom. The fraction of sp³-hybridized carbons (Fsp3) is 0.435. The van der Waals surface area contributed by atoms with Crippen molar-refractivity contribution in [2.24, 2.45) is 0 Å². The van der Waals surface area contributed by atoms with Crippen LogP contribution in [0.25, 0.3) is 0 Å². The molecule has 1 aliphatic heterocycles. The molecule has 3 heteroatoms. The van der Waals surface area contributed by atoms with E-state index in [9.17, 15) is 4.79 Å². The lowest BCUT2D eigenvalue weighted by Gasteiger charge is -2.52. The predicted octanol–water partition coefficient (Wildman–Crippen LogP) is 3.49. The minimum Gasteiger partial charge on any atom is -0.355 e. The van der Waals surface area contributed by atoms with Crippen LogP contribution < -0.4 is 5.32 Å². The van der Waals surface area contributed by atoms with Gasteiger partial charge < -0.3 is 10.2 Å². The van der Waals surface area contributed by atoms with Crippen molar-refractivity contribution in [1.29, 1.82) is 0 Å². The van der Waals surface area contributed by atoms with Gasteiger partial charge in [0.2, 0.25) is 5.91 Å². The van der Waals surface area contributed by atoms with Crippen molar-refractivity contribution in [2.45, 2.75) is 43.6 Å². The highest BCUT2D eigenvalue weighted by Crippen LogP contribution is 2.48. The summed E-state index contributed by atoms with van der Waals surface area (Å²) in [5, 5.41) is 3.21. The molecule has 2 aromatic rings. The van der Waals surface area contributed by atoms with E-state index in [2.05, 4.69) is 48.5 Å². The maximum atomic E-state index is 12.5. The van der Waals surface area contributed by atoms with Gasteiger partial charge >= 0.3 is 0 Å². The topological polar surface area (TPSA) is 32.3 Å². The third-order valence-corrected chi connectivity index (χ3v) is 6.44. The zero-order chi connectivity index (χ0) is 18.1. The van der Waals surface area contributed by atoms with E-state index in [1.54, 1.807) is 0 Å². The predicted molar refractivity (Wildman–Crippen MR) is 105 cm³/mol. The van der Waals surface area contributed by atoms with E-state index < -0.39 is 0 Å². The van der Waals surface area contributed by atoms with Gasteiger partial charge in [-0.25, -0.2) is 0 Å². The summed E-state index contributed by atoms with van der Waals surface area (Å²) in [6.07, 6.45) is 2.84. The molecule has 1 fully saturated rings. The van der Waals surface area contributed by atoms with Crippen LogP contribution in [0.1, 0.15) is 42.4 Å². The molecule has 2 aromatic carbocycles. The van der Waals surface area contributed by atoms with Crippen LogP contribution in [-0.4, -0.2) is 37.0 Å². The lowest BCUT2D eigenvalue weighted by molar-refractivity contribution is -0.120. The van der Waals surface area contributed by atoms with Crippen molar-refractivity contribution in [2.75, 3.05) is 20.1 Å². The zero-order valence-electron chi connectivity index (χ0n) is 15.7. The second-order valence-corrected chi connectivity index (χ2v) is 8.22. The van der Waals surface area contributed by atoms with Gasteiger partial charge in [-0.1, -0.05) is 61.5 Å². The van der Waals surface area contributed by atoms with Crippen LogP contribution in [0, 0.1) is 0 Å². The van der Waals surface area contributed by atoms with Crippen LogP contribution >= 0.6 is 0 Å². The number of hydrogen-bond donors (Lipinski definition) is 1. The van der Waals surface area contributed by atoms with Crippen LogP contribution in [0.5, 0.6) is 0 Å². The molecular weight excluding hydrogens is 320 g/mol. The number of rotatable bonds is 4. The van der Waals surface area contributed by atoms with E-state index in [1.807, 2.05) is 30.3 Å². The summed E-state index contributed by atoms with van der Waals surface area (Å²) in [5.41, 5.74) is 4.26. The van der Waals surface area contributed by atoms with E-state index in [-0.39, 0.29) is 11.3 Å². The maximum absolute atomic E-state index is 12.5. The summed E-state index contributed by atoms with van der Waals surface area (Å²) in [5.74, 6) is 0.477. The fourth-order valence-electron chi connectivity index (χ4n) is 4.89. The summed E-state index contributed by atoms with van der Waals surface area (Å²) < 4.78 is 0. The number of likely N-dealkylation sites (tertiary alicyclic amines) is 1. The fourth-order valence-corrected chi connectivity index (χ4v) is 4.89. The highest BCUT2D eigenvalue weighted by atomic mass is 16.1. The molecule has 4 rings (SSSR count). The van der Waals surface area contributed by atoms with Crippen LogP contribution in [0.15, 0.2) is 54.6 Å². The molecule has 1 amide bonds. The van der Waals surface area contributed by atoms with Gasteiger partial charge in [-0.2, -0.15) is 0 Å². The molecule has 0 radical (unpaired) electrons. The van der Waals surface area contributed by atoms with Crippen LogP contribution in [0.3, 0.4) is 0 Å². The first kappa shape index (κ1) is 17.3. The number of likely N-dealkylation sites (N-methyl/N-ethyl adjacent to an activating group) is 1. The third-order valence-electron chi connectivity index (χ3n) is 6.44. The van der Waals surface area contributed by atoms with Gasteiger partial charge in [0.1, 0.15) is 0 Å². The van der Waals surface area contributed by atoms with Crippen molar-refractivity contribution >= 4 is 5.91 Å². The molecule has 26 heavy (non-hydrogen) atoms. The first-order valence-corrected chi connectivity index (χ1v) is 9.67. The first-order valence-electron chi connectivity index (χ1n) is 9.67. The Bertz CT molecular complexity index is 788. The molecule has 2 aliphatic rings. The standard InChI is InChI=1S/C23H28N2O/c1-23-12-13-25(2)21(15-23)19(18-10-6-7-11-20(18)23)16-24-22(26)14-17-8-4-3-5-9-17/h3-11,19,21H,12-16H2,1-2H3,(H,24,26)/t19-,21?,23?/m0/s1. The lowest BCUT2D eigenvalue weighted by atomic mass is 9.61. The number of carbonyl (C=O) groups is 1. The number of carbonyl (C=O) groups excluding carboxylic acids is 1. The van der Waals surface area contributed by atoms with Crippen molar-refractivity contribution in [3.05, 3.63) is 71.3 Å². The Hall–Kier alpha value is -2.13. The monoisotopic (exact) mass is 348 g/mol. The molecule has 1 N–H and O–H groups in total. The van der Waals surface area contributed by atoms with Crippen LogP contribution in [0.4, 0.5) is 0 Å². The Morgan fingerprint density at radius 1 is 1.15 bits per heavy atom. The quantitative estimate of drug-likeness (QED) is 0.917. The molecule has 2 bridgehead atoms. The summed E-state index contributed by atoms with van der Waals surface area (Å²) in [4.78, 5) is 15.0. The Balaban J connectivity index is 1.52. The van der Waals surface area contributed by atoms with Gasteiger partial charge in [0.25, 0.3) is 0 Å². The molecular formula is C23H28N2O. The highest BCUT2D eigenvalue weighted by Gasteiger charge is 2.46. The molecule has 1 aliphatic carbocycles. The van der Waals surface area contributed by atoms with Crippen molar-refractivity contribution in [3.8, 4) is 0 Å². The average molecular weight is 348 g/mol. The molecule has 0 spiro atoms. The van der Waals surface area contributed by atoms with E-state index >= 15 is 0 Å². The number of nitrogens with zero attached hydrogens (tertiary/aromatic N) is 1. The van der Waals surface area contributed by atoms with Crippen LogP contribution in [-0.2, 0) is 16.6 Å². The molecule has 2 unspecified atom stereocenters. The number of hydrogen-bond acceptors (Lipinski definition) is 2. The van der Waals surface area contributed by atoms with Gasteiger partial charge in [0, 0.05) is 18.5 Å². The zero-order valence-corrected chi connectivity index (χ0v) is 15.7. The molecule has 3 atom stereocenters.